The Kier molecular flexibility index (Phi) is 6.74. The molecule has 0 saturated heterocycles. The van der Waals surface area contributed by atoms with Crippen molar-refractivity contribution in [2.75, 3.05) is 0 Å². The highest BCUT2D eigenvalue weighted by Crippen LogP contribution is 2.41. The van der Waals surface area contributed by atoms with Gasteiger partial charge < -0.3 is 4.42 Å². The van der Waals surface area contributed by atoms with Crippen molar-refractivity contribution in [3.63, 3.8) is 0 Å². The molecule has 0 amide bonds. The number of furan rings is 1. The Hall–Kier alpha value is -6.98. The Morgan fingerprint density at radius 1 is 0.373 bits per heavy atom. The lowest BCUT2D eigenvalue weighted by Gasteiger charge is -2.12. The lowest BCUT2D eigenvalue weighted by molar-refractivity contribution is 0.670. The van der Waals surface area contributed by atoms with Gasteiger partial charge in [-0.1, -0.05) is 133 Å². The van der Waals surface area contributed by atoms with Crippen LogP contribution in [0.3, 0.4) is 0 Å². The van der Waals surface area contributed by atoms with Crippen LogP contribution in [0.5, 0.6) is 0 Å². The van der Waals surface area contributed by atoms with Crippen molar-refractivity contribution in [3.05, 3.63) is 170 Å². The molecule has 3 heterocycles. The molecule has 0 bridgehead atoms. The first-order valence-electron chi connectivity index (χ1n) is 17.0. The van der Waals surface area contributed by atoms with E-state index in [1.54, 1.807) is 0 Å². The lowest BCUT2D eigenvalue weighted by atomic mass is 9.94. The van der Waals surface area contributed by atoms with E-state index in [-0.39, 0.29) is 0 Å². The first-order chi connectivity index (χ1) is 25.2. The molecule has 51 heavy (non-hydrogen) atoms. The normalized spacial score (nSPS) is 11.5. The average molecular weight is 653 g/mol. The standard InChI is InChI=1S/C46H28N4O/c1-3-12-29(13-4-1)44-48-45(30-14-5-2-6-15-30)50-46(49-44)33-18-11-17-32(24-33)39-25-35(26-40-38-20-9-10-21-42(38)51-43(39)40)31-22-23-37-36-19-8-7-16-34(36)28-47-41(37)27-31/h1-28H. The molecule has 0 aliphatic carbocycles. The smallest absolute Gasteiger partial charge is 0.164 e. The molecular formula is C46H28N4O. The van der Waals surface area contributed by atoms with E-state index < -0.39 is 0 Å². The number of nitrogens with zero attached hydrogens (tertiary/aromatic N) is 4. The van der Waals surface area contributed by atoms with Gasteiger partial charge in [-0.25, -0.2) is 15.0 Å². The molecule has 10 rings (SSSR count). The molecule has 5 heteroatoms. The summed E-state index contributed by atoms with van der Waals surface area (Å²) < 4.78 is 6.59. The summed E-state index contributed by atoms with van der Waals surface area (Å²) in [7, 11) is 0. The fourth-order valence-electron chi connectivity index (χ4n) is 7.01. The molecule has 0 spiro atoms. The Balaban J connectivity index is 1.16. The number of rotatable bonds is 5. The molecule has 238 valence electrons. The van der Waals surface area contributed by atoms with Crippen LogP contribution in [-0.2, 0) is 0 Å². The largest absolute Gasteiger partial charge is 0.455 e. The number of para-hydroxylation sites is 1. The minimum absolute atomic E-state index is 0.606. The Bertz CT molecular complexity index is 2860. The molecule has 7 aromatic carbocycles. The van der Waals surface area contributed by atoms with E-state index in [0.717, 1.165) is 77.2 Å². The lowest BCUT2D eigenvalue weighted by Crippen LogP contribution is -2.00. The van der Waals surface area contributed by atoms with Crippen molar-refractivity contribution in [1.82, 2.24) is 19.9 Å². The molecule has 0 aliphatic heterocycles. The van der Waals surface area contributed by atoms with Crippen molar-refractivity contribution in [2.45, 2.75) is 0 Å². The van der Waals surface area contributed by atoms with Gasteiger partial charge in [0.15, 0.2) is 17.5 Å². The van der Waals surface area contributed by atoms with Crippen LogP contribution >= 0.6 is 0 Å². The van der Waals surface area contributed by atoms with Crippen molar-refractivity contribution in [3.8, 4) is 56.4 Å². The maximum absolute atomic E-state index is 6.59. The van der Waals surface area contributed by atoms with Gasteiger partial charge in [-0.05, 0) is 52.4 Å². The zero-order chi connectivity index (χ0) is 33.7. The van der Waals surface area contributed by atoms with Crippen LogP contribution in [0.15, 0.2) is 174 Å². The second-order valence-electron chi connectivity index (χ2n) is 12.7. The second-order valence-corrected chi connectivity index (χ2v) is 12.7. The van der Waals surface area contributed by atoms with Crippen LogP contribution in [0.25, 0.3) is 100 Å². The molecule has 3 aromatic heterocycles. The monoisotopic (exact) mass is 652 g/mol. The Labute approximate surface area is 293 Å². The van der Waals surface area contributed by atoms with Gasteiger partial charge in [0.1, 0.15) is 11.2 Å². The van der Waals surface area contributed by atoms with Crippen LogP contribution in [0.1, 0.15) is 0 Å². The predicted octanol–water partition coefficient (Wildman–Crippen LogP) is 11.8. The number of hydrogen-bond donors (Lipinski definition) is 0. The fraction of sp³-hybridized carbons (Fsp3) is 0. The quantitative estimate of drug-likeness (QED) is 0.173. The third kappa shape index (κ3) is 5.11. The summed E-state index contributed by atoms with van der Waals surface area (Å²) in [6.07, 6.45) is 1.96. The fourth-order valence-corrected chi connectivity index (χ4v) is 7.01. The third-order valence-corrected chi connectivity index (χ3v) is 9.53. The number of fused-ring (bicyclic) bond motifs is 6. The molecule has 0 saturated carbocycles. The van der Waals surface area contributed by atoms with Crippen LogP contribution in [0, 0.1) is 0 Å². The van der Waals surface area contributed by atoms with E-state index in [1.807, 2.05) is 79.0 Å². The van der Waals surface area contributed by atoms with E-state index in [2.05, 4.69) is 91.0 Å². The minimum Gasteiger partial charge on any atom is -0.455 e. The van der Waals surface area contributed by atoms with Gasteiger partial charge in [0.2, 0.25) is 0 Å². The maximum Gasteiger partial charge on any atom is 0.164 e. The molecular weight excluding hydrogens is 625 g/mol. The molecule has 5 nitrogen and oxygen atoms in total. The van der Waals surface area contributed by atoms with Crippen LogP contribution in [0.4, 0.5) is 0 Å². The van der Waals surface area contributed by atoms with Gasteiger partial charge >= 0.3 is 0 Å². The van der Waals surface area contributed by atoms with Crippen molar-refractivity contribution < 1.29 is 4.42 Å². The van der Waals surface area contributed by atoms with Gasteiger partial charge in [-0.15, -0.1) is 0 Å². The van der Waals surface area contributed by atoms with Gasteiger partial charge in [0.25, 0.3) is 0 Å². The molecule has 0 atom stereocenters. The first-order valence-corrected chi connectivity index (χ1v) is 17.0. The molecule has 0 aliphatic rings. The average Bonchev–Trinajstić information content (AvgIpc) is 3.59. The van der Waals surface area contributed by atoms with E-state index in [4.69, 9.17) is 24.4 Å². The van der Waals surface area contributed by atoms with E-state index in [9.17, 15) is 0 Å². The summed E-state index contributed by atoms with van der Waals surface area (Å²) in [5.41, 5.74) is 9.59. The van der Waals surface area contributed by atoms with Gasteiger partial charge in [0, 0.05) is 50.0 Å². The van der Waals surface area contributed by atoms with Crippen molar-refractivity contribution >= 4 is 43.6 Å². The van der Waals surface area contributed by atoms with Crippen molar-refractivity contribution in [1.29, 1.82) is 0 Å². The van der Waals surface area contributed by atoms with Crippen LogP contribution in [0.2, 0.25) is 0 Å². The molecule has 0 fully saturated rings. The zero-order valence-corrected chi connectivity index (χ0v) is 27.4. The highest BCUT2D eigenvalue weighted by atomic mass is 16.3. The first kappa shape index (κ1) is 29.0. The summed E-state index contributed by atoms with van der Waals surface area (Å²) in [6, 6.07) is 56.2. The Morgan fingerprint density at radius 2 is 1.00 bits per heavy atom. The van der Waals surface area contributed by atoms with Crippen LogP contribution in [-0.4, -0.2) is 19.9 Å². The van der Waals surface area contributed by atoms with Gasteiger partial charge in [0.05, 0.1) is 5.52 Å². The number of pyridine rings is 1. The van der Waals surface area contributed by atoms with E-state index >= 15 is 0 Å². The Morgan fingerprint density at radius 3 is 1.76 bits per heavy atom. The SMILES string of the molecule is c1ccc(-c2nc(-c3ccccc3)nc(-c3cccc(-c4cc(-c5ccc6c(c5)ncc5ccccc56)cc5c4oc4ccccc45)c3)n2)cc1. The third-order valence-electron chi connectivity index (χ3n) is 9.53. The predicted molar refractivity (Wildman–Crippen MR) is 207 cm³/mol. The second kappa shape index (κ2) is 11.9. The summed E-state index contributed by atoms with van der Waals surface area (Å²) in [6.45, 7) is 0. The summed E-state index contributed by atoms with van der Waals surface area (Å²) in [4.78, 5) is 19.7. The van der Waals surface area contributed by atoms with Crippen molar-refractivity contribution in [2.24, 2.45) is 0 Å². The molecule has 0 N–H and O–H groups in total. The van der Waals surface area contributed by atoms with Gasteiger partial charge in [-0.2, -0.15) is 0 Å². The van der Waals surface area contributed by atoms with E-state index in [0.29, 0.717) is 17.5 Å². The molecule has 0 radical (unpaired) electrons. The number of hydrogen-bond acceptors (Lipinski definition) is 5. The molecule has 10 aromatic rings. The summed E-state index contributed by atoms with van der Waals surface area (Å²) in [5, 5.41) is 5.62. The summed E-state index contributed by atoms with van der Waals surface area (Å²) in [5.74, 6) is 1.86. The maximum atomic E-state index is 6.59. The topological polar surface area (TPSA) is 64.7 Å². The highest BCUT2D eigenvalue weighted by molar-refractivity contribution is 6.12. The van der Waals surface area contributed by atoms with E-state index in [1.165, 1.54) is 5.39 Å². The zero-order valence-electron chi connectivity index (χ0n) is 27.4. The highest BCUT2D eigenvalue weighted by Gasteiger charge is 2.18. The number of benzene rings is 7. The van der Waals surface area contributed by atoms with Crippen LogP contribution < -0.4 is 0 Å². The number of aromatic nitrogens is 4. The molecule has 0 unspecified atom stereocenters. The minimum atomic E-state index is 0.606. The van der Waals surface area contributed by atoms with Gasteiger partial charge in [-0.3, -0.25) is 4.98 Å². The summed E-state index contributed by atoms with van der Waals surface area (Å²) >= 11 is 0.